The molecule has 4 unspecified atom stereocenters. The number of Topliss-reactive ketones (excluding diaryl/α,β-unsaturated/α-hetero) is 2. The Morgan fingerprint density at radius 2 is 1.69 bits per heavy atom. The minimum atomic E-state index is -0.650. The Balaban J connectivity index is 1.38. The predicted molar refractivity (Wildman–Crippen MR) is 102 cm³/mol. The molecule has 5 nitrogen and oxygen atoms in total. The number of carbonyl (C=O) groups is 3. The Bertz CT molecular complexity index is 896. The van der Waals surface area contributed by atoms with Crippen LogP contribution >= 0.6 is 0 Å². The van der Waals surface area contributed by atoms with Crippen molar-refractivity contribution in [3.63, 3.8) is 0 Å². The van der Waals surface area contributed by atoms with Crippen LogP contribution in [0.25, 0.3) is 0 Å². The van der Waals surface area contributed by atoms with Crippen LogP contribution in [0.3, 0.4) is 0 Å². The van der Waals surface area contributed by atoms with Gasteiger partial charge in [-0.25, -0.2) is 0 Å². The Hall–Kier alpha value is -1.23. The van der Waals surface area contributed by atoms with Crippen LogP contribution < -0.4 is 0 Å². The van der Waals surface area contributed by atoms with Crippen molar-refractivity contribution in [1.82, 2.24) is 0 Å². The number of fused-ring (bicyclic) bond motifs is 5. The summed E-state index contributed by atoms with van der Waals surface area (Å²) in [6.07, 6.45) is 8.21. The lowest BCUT2D eigenvalue weighted by Gasteiger charge is -2.61. The Morgan fingerprint density at radius 3 is 2.45 bits per heavy atom. The first-order valence-electron chi connectivity index (χ1n) is 11.6. The Labute approximate surface area is 171 Å². The van der Waals surface area contributed by atoms with Crippen LogP contribution in [0.2, 0.25) is 0 Å². The highest BCUT2D eigenvalue weighted by Gasteiger charge is 2.88. The van der Waals surface area contributed by atoms with Gasteiger partial charge < -0.3 is 9.47 Å². The largest absolute Gasteiger partial charge is 0.458 e. The van der Waals surface area contributed by atoms with Crippen molar-refractivity contribution in [3.05, 3.63) is 0 Å². The zero-order valence-corrected chi connectivity index (χ0v) is 17.4. The lowest BCUT2D eigenvalue weighted by atomic mass is 9.40. The second kappa shape index (κ2) is 4.66. The summed E-state index contributed by atoms with van der Waals surface area (Å²) in [6, 6.07) is 0. The fraction of sp³-hybridized carbons (Fsp3) is 0.875. The van der Waals surface area contributed by atoms with Crippen LogP contribution in [0.1, 0.15) is 78.1 Å². The standard InChI is InChI=1S/C24H30O5/c1-20-12-17-24(28-17)18(16(20)5-8-22(20)7-4-13(25)9-22)15-11-23(29-19(15)27)10-14(26)3-6-21(23,24)2/h15-18H,3-12H2,1-2H3/t15-,16?,17+,18?,20?,21?,22-,23+,24-/m1/s1. The second-order valence-corrected chi connectivity index (χ2v) is 12.0. The van der Waals surface area contributed by atoms with Crippen molar-refractivity contribution in [2.45, 2.75) is 95.4 Å². The number of carbonyl (C=O) groups excluding carboxylic acids is 3. The third-order valence-electron chi connectivity index (χ3n) is 11.5. The highest BCUT2D eigenvalue weighted by Crippen LogP contribution is 2.82. The van der Waals surface area contributed by atoms with Crippen LogP contribution in [-0.2, 0) is 23.9 Å². The molecule has 7 rings (SSSR count). The van der Waals surface area contributed by atoms with Crippen LogP contribution in [-0.4, -0.2) is 34.8 Å². The van der Waals surface area contributed by atoms with Crippen LogP contribution in [0.15, 0.2) is 0 Å². The second-order valence-electron chi connectivity index (χ2n) is 12.0. The lowest BCUT2D eigenvalue weighted by molar-refractivity contribution is -0.189. The van der Waals surface area contributed by atoms with E-state index in [-0.39, 0.29) is 51.5 Å². The molecule has 5 saturated carbocycles. The summed E-state index contributed by atoms with van der Waals surface area (Å²) in [5.41, 5.74) is -1.05. The van der Waals surface area contributed by atoms with E-state index >= 15 is 0 Å². The minimum Gasteiger partial charge on any atom is -0.458 e. The minimum absolute atomic E-state index is 0.0677. The first-order chi connectivity index (χ1) is 13.7. The summed E-state index contributed by atoms with van der Waals surface area (Å²) >= 11 is 0. The first kappa shape index (κ1) is 17.5. The van der Waals surface area contributed by atoms with E-state index in [2.05, 4.69) is 13.8 Å². The third-order valence-corrected chi connectivity index (χ3v) is 11.5. The molecule has 9 atom stereocenters. The van der Waals surface area contributed by atoms with Gasteiger partial charge in [0.25, 0.3) is 0 Å². The number of hydrogen-bond acceptors (Lipinski definition) is 5. The van der Waals surface area contributed by atoms with Gasteiger partial charge in [0.15, 0.2) is 0 Å². The van der Waals surface area contributed by atoms with Gasteiger partial charge in [0.1, 0.15) is 22.8 Å². The van der Waals surface area contributed by atoms with E-state index in [1.165, 1.54) is 0 Å². The molecule has 5 heteroatoms. The van der Waals surface area contributed by atoms with Crippen molar-refractivity contribution in [2.75, 3.05) is 0 Å². The number of ether oxygens (including phenoxy) is 2. The molecule has 156 valence electrons. The first-order valence-corrected chi connectivity index (χ1v) is 11.6. The molecule has 5 aliphatic carbocycles. The highest BCUT2D eigenvalue weighted by molar-refractivity contribution is 5.85. The Morgan fingerprint density at radius 1 is 0.931 bits per heavy atom. The van der Waals surface area contributed by atoms with Gasteiger partial charge in [-0.1, -0.05) is 13.8 Å². The van der Waals surface area contributed by atoms with E-state index in [1.807, 2.05) is 0 Å². The molecule has 7 fully saturated rings. The number of hydrogen-bond donors (Lipinski definition) is 0. The molecular weight excluding hydrogens is 368 g/mol. The summed E-state index contributed by atoms with van der Waals surface area (Å²) in [5, 5.41) is 0. The molecule has 2 aliphatic heterocycles. The van der Waals surface area contributed by atoms with Crippen molar-refractivity contribution >= 4 is 17.5 Å². The average Bonchev–Trinajstić information content (AvgIpc) is 2.96. The topological polar surface area (TPSA) is 73.0 Å². The van der Waals surface area contributed by atoms with Gasteiger partial charge in [-0.3, -0.25) is 14.4 Å². The van der Waals surface area contributed by atoms with E-state index in [9.17, 15) is 14.4 Å². The number of ketones is 2. The Kier molecular flexibility index (Phi) is 2.80. The van der Waals surface area contributed by atoms with E-state index in [4.69, 9.17) is 9.47 Å². The zero-order valence-electron chi connectivity index (χ0n) is 17.4. The van der Waals surface area contributed by atoms with Gasteiger partial charge in [-0.05, 0) is 48.9 Å². The monoisotopic (exact) mass is 398 g/mol. The molecule has 0 aromatic heterocycles. The molecule has 2 heterocycles. The maximum Gasteiger partial charge on any atom is 0.310 e. The summed E-state index contributed by atoms with van der Waals surface area (Å²) in [7, 11) is 0. The van der Waals surface area contributed by atoms with Crippen LogP contribution in [0.5, 0.6) is 0 Å². The van der Waals surface area contributed by atoms with Gasteiger partial charge in [0.2, 0.25) is 0 Å². The van der Waals surface area contributed by atoms with Gasteiger partial charge in [0.05, 0.1) is 12.0 Å². The summed E-state index contributed by atoms with van der Waals surface area (Å²) in [6.45, 7) is 4.66. The predicted octanol–water partition coefficient (Wildman–Crippen LogP) is 3.37. The molecule has 3 spiro atoms. The molecule has 0 amide bonds. The van der Waals surface area contributed by atoms with Gasteiger partial charge in [-0.15, -0.1) is 0 Å². The smallest absolute Gasteiger partial charge is 0.310 e. The maximum absolute atomic E-state index is 13.2. The molecule has 0 radical (unpaired) electrons. The molecular formula is C24H30O5. The van der Waals surface area contributed by atoms with Gasteiger partial charge in [0, 0.05) is 43.4 Å². The molecule has 0 aromatic carbocycles. The van der Waals surface area contributed by atoms with Gasteiger partial charge >= 0.3 is 5.97 Å². The van der Waals surface area contributed by atoms with Crippen LogP contribution in [0.4, 0.5) is 0 Å². The molecule has 2 bridgehead atoms. The summed E-state index contributed by atoms with van der Waals surface area (Å²) in [5.74, 6) is 1.01. The zero-order chi connectivity index (χ0) is 20.0. The lowest BCUT2D eigenvalue weighted by Crippen LogP contribution is -2.68. The fourth-order valence-corrected chi connectivity index (χ4v) is 10.0. The SMILES string of the molecule is CC12C[C@@H]3O[C@@]34C(C1CC[C@@]21CCC(=O)C1)[C@H]1C[C@]2(CC(=O)CCC24C)OC1=O. The van der Waals surface area contributed by atoms with E-state index in [0.717, 1.165) is 44.9 Å². The number of epoxide rings is 1. The number of esters is 1. The number of rotatable bonds is 0. The van der Waals surface area contributed by atoms with Crippen molar-refractivity contribution < 1.29 is 23.9 Å². The molecule has 29 heavy (non-hydrogen) atoms. The van der Waals surface area contributed by atoms with Crippen LogP contribution in [0, 0.1) is 34.0 Å². The van der Waals surface area contributed by atoms with Crippen molar-refractivity contribution in [2.24, 2.45) is 34.0 Å². The van der Waals surface area contributed by atoms with E-state index < -0.39 is 5.60 Å². The van der Waals surface area contributed by atoms with Crippen molar-refractivity contribution in [1.29, 1.82) is 0 Å². The quantitative estimate of drug-likeness (QED) is 0.462. The maximum atomic E-state index is 13.2. The van der Waals surface area contributed by atoms with Crippen molar-refractivity contribution in [3.8, 4) is 0 Å². The van der Waals surface area contributed by atoms with E-state index in [1.54, 1.807) is 0 Å². The summed E-state index contributed by atoms with van der Waals surface area (Å²) < 4.78 is 12.9. The molecule has 0 aromatic rings. The highest BCUT2D eigenvalue weighted by atomic mass is 16.6. The average molecular weight is 398 g/mol. The molecule has 0 N–H and O–H groups in total. The van der Waals surface area contributed by atoms with E-state index in [0.29, 0.717) is 31.0 Å². The normalized spacial score (nSPS) is 61.8. The van der Waals surface area contributed by atoms with Gasteiger partial charge in [-0.2, -0.15) is 0 Å². The third kappa shape index (κ3) is 1.59. The molecule has 7 aliphatic rings. The fourth-order valence-electron chi connectivity index (χ4n) is 10.0. The summed E-state index contributed by atoms with van der Waals surface area (Å²) in [4.78, 5) is 37.9. The molecule has 2 saturated heterocycles.